The Morgan fingerprint density at radius 1 is 1.29 bits per heavy atom. The van der Waals surface area contributed by atoms with E-state index in [0.717, 1.165) is 22.7 Å². The van der Waals surface area contributed by atoms with Crippen LogP contribution in [0.3, 0.4) is 0 Å². The Morgan fingerprint density at radius 3 is 2.52 bits per heavy atom. The fourth-order valence-electron chi connectivity index (χ4n) is 1.81. The maximum absolute atomic E-state index is 5.89. The molecule has 110 valence electrons. The summed E-state index contributed by atoms with van der Waals surface area (Å²) in [6.07, 6.45) is 0. The van der Waals surface area contributed by atoms with Crippen LogP contribution in [0.15, 0.2) is 29.4 Å². The van der Waals surface area contributed by atoms with Crippen molar-refractivity contribution in [1.82, 2.24) is 9.80 Å². The average Bonchev–Trinajstić information content (AvgIpc) is 2.78. The highest BCUT2D eigenvalue weighted by molar-refractivity contribution is 7.80. The summed E-state index contributed by atoms with van der Waals surface area (Å²) >= 11 is 6.48. The predicted molar refractivity (Wildman–Crippen MR) is 94.0 cm³/mol. The Balaban J connectivity index is 2.00. The van der Waals surface area contributed by atoms with Gasteiger partial charge in [0.25, 0.3) is 0 Å². The summed E-state index contributed by atoms with van der Waals surface area (Å²) in [5.41, 5.74) is 13.3. The molecule has 1 aromatic carbocycles. The van der Waals surface area contributed by atoms with E-state index < -0.39 is 0 Å². The summed E-state index contributed by atoms with van der Waals surface area (Å²) in [6, 6.07) is 7.96. The smallest absolute Gasteiger partial charge is 0.191 e. The van der Waals surface area contributed by atoms with Gasteiger partial charge in [-0.2, -0.15) is 9.47 Å². The summed E-state index contributed by atoms with van der Waals surface area (Å²) in [5, 5.41) is 8.41. The number of hydrogen-bond acceptors (Lipinski definition) is 5. The van der Waals surface area contributed by atoms with Crippen LogP contribution in [0.25, 0.3) is 0 Å². The Hall–Kier alpha value is -1.99. The minimum atomic E-state index is 0.428. The van der Waals surface area contributed by atoms with Crippen LogP contribution >= 0.6 is 23.8 Å². The van der Waals surface area contributed by atoms with Crippen molar-refractivity contribution >= 4 is 45.3 Å². The molecule has 2 aromatic rings. The number of aryl methyl sites for hydroxylation is 2. The quantitative estimate of drug-likeness (QED) is 0.460. The standard InChI is InChI=1S/C14H17N5S2/c1-8-4-6-11(7-5-8)16-14(20)18-17-9(2)12-10(3)19-21-13(12)15/h4-7H,15H2,1-3H3,(H2,16,18,20)/b17-9-. The van der Waals surface area contributed by atoms with Gasteiger partial charge >= 0.3 is 0 Å². The number of benzene rings is 1. The summed E-state index contributed by atoms with van der Waals surface area (Å²) < 4.78 is 4.20. The van der Waals surface area contributed by atoms with Gasteiger partial charge in [-0.3, -0.25) is 5.43 Å². The van der Waals surface area contributed by atoms with Gasteiger partial charge < -0.3 is 11.1 Å². The maximum Gasteiger partial charge on any atom is 0.191 e. The van der Waals surface area contributed by atoms with E-state index in [1.165, 1.54) is 17.1 Å². The SMILES string of the molecule is C/C(=N/NC(=S)Nc1ccc(C)cc1)c1c(C)nsc1N. The lowest BCUT2D eigenvalue weighted by Crippen LogP contribution is -2.25. The minimum absolute atomic E-state index is 0.428. The van der Waals surface area contributed by atoms with Crippen molar-refractivity contribution in [2.45, 2.75) is 20.8 Å². The molecule has 5 nitrogen and oxygen atoms in total. The van der Waals surface area contributed by atoms with Crippen molar-refractivity contribution < 1.29 is 0 Å². The monoisotopic (exact) mass is 319 g/mol. The van der Waals surface area contributed by atoms with Crippen LogP contribution in [-0.4, -0.2) is 15.2 Å². The van der Waals surface area contributed by atoms with Crippen LogP contribution < -0.4 is 16.5 Å². The van der Waals surface area contributed by atoms with Crippen LogP contribution in [0.4, 0.5) is 10.7 Å². The van der Waals surface area contributed by atoms with Gasteiger partial charge in [-0.25, -0.2) is 0 Å². The number of aromatic nitrogens is 1. The zero-order valence-electron chi connectivity index (χ0n) is 12.1. The molecule has 1 aromatic heterocycles. The van der Waals surface area contributed by atoms with E-state index in [4.69, 9.17) is 18.0 Å². The molecule has 0 aliphatic heterocycles. The molecule has 0 spiro atoms. The first-order chi connectivity index (χ1) is 9.97. The van der Waals surface area contributed by atoms with Gasteiger partial charge in [-0.15, -0.1) is 0 Å². The number of rotatable bonds is 3. The first-order valence-electron chi connectivity index (χ1n) is 6.37. The van der Waals surface area contributed by atoms with Crippen molar-refractivity contribution in [3.05, 3.63) is 41.1 Å². The Kier molecular flexibility index (Phi) is 4.87. The zero-order valence-corrected chi connectivity index (χ0v) is 13.7. The largest absolute Gasteiger partial charge is 0.389 e. The molecule has 0 saturated heterocycles. The molecule has 0 amide bonds. The molecule has 0 aliphatic carbocycles. The summed E-state index contributed by atoms with van der Waals surface area (Å²) in [7, 11) is 0. The Morgan fingerprint density at radius 2 is 1.95 bits per heavy atom. The third-order valence-electron chi connectivity index (χ3n) is 2.89. The van der Waals surface area contributed by atoms with Gasteiger partial charge in [0.2, 0.25) is 0 Å². The average molecular weight is 319 g/mol. The normalized spacial score (nSPS) is 11.3. The number of thiocarbonyl (C=S) groups is 1. The molecule has 4 N–H and O–H groups in total. The van der Waals surface area contributed by atoms with Crippen molar-refractivity contribution in [2.75, 3.05) is 11.1 Å². The second-order valence-corrected chi connectivity index (χ2v) is 5.85. The first kappa shape index (κ1) is 15.4. The fourth-order valence-corrected chi connectivity index (χ4v) is 2.69. The van der Waals surface area contributed by atoms with Crippen molar-refractivity contribution in [3.63, 3.8) is 0 Å². The molecule has 0 aliphatic rings. The lowest BCUT2D eigenvalue weighted by Gasteiger charge is -2.08. The molecule has 0 saturated carbocycles. The summed E-state index contributed by atoms with van der Waals surface area (Å²) in [4.78, 5) is 0. The number of nitrogens with one attached hydrogen (secondary N) is 2. The molecule has 0 atom stereocenters. The van der Waals surface area contributed by atoms with Gasteiger partial charge in [-0.1, -0.05) is 17.7 Å². The van der Waals surface area contributed by atoms with Crippen LogP contribution in [0, 0.1) is 13.8 Å². The summed E-state index contributed by atoms with van der Waals surface area (Å²) in [6.45, 7) is 5.81. The van der Waals surface area contributed by atoms with Crippen LogP contribution in [0.1, 0.15) is 23.7 Å². The second-order valence-electron chi connectivity index (χ2n) is 4.64. The van der Waals surface area contributed by atoms with Gasteiger partial charge in [0, 0.05) is 5.69 Å². The minimum Gasteiger partial charge on any atom is -0.389 e. The molecule has 1 heterocycles. The molecule has 0 unspecified atom stereocenters. The molecule has 21 heavy (non-hydrogen) atoms. The van der Waals surface area contributed by atoms with Crippen molar-refractivity contribution in [2.24, 2.45) is 5.10 Å². The first-order valence-corrected chi connectivity index (χ1v) is 7.55. The third kappa shape index (κ3) is 3.99. The number of nitrogens with two attached hydrogens (primary N) is 1. The molecule has 7 heteroatoms. The predicted octanol–water partition coefficient (Wildman–Crippen LogP) is 3.05. The van der Waals surface area contributed by atoms with Crippen molar-refractivity contribution in [3.8, 4) is 0 Å². The number of anilines is 2. The molecular weight excluding hydrogens is 302 g/mol. The Bertz CT molecular complexity index is 654. The van der Waals surface area contributed by atoms with Crippen LogP contribution in [0.5, 0.6) is 0 Å². The third-order valence-corrected chi connectivity index (χ3v) is 3.84. The van der Waals surface area contributed by atoms with Gasteiger partial charge in [0.1, 0.15) is 5.00 Å². The van der Waals surface area contributed by atoms with Crippen molar-refractivity contribution in [1.29, 1.82) is 0 Å². The van der Waals surface area contributed by atoms with E-state index in [9.17, 15) is 0 Å². The molecule has 0 fully saturated rings. The van der Waals surface area contributed by atoms with Gasteiger partial charge in [0.15, 0.2) is 5.11 Å². The number of nitrogen functional groups attached to an aromatic ring is 1. The van der Waals surface area contributed by atoms with Gasteiger partial charge in [-0.05, 0) is 56.7 Å². The van der Waals surface area contributed by atoms with E-state index >= 15 is 0 Å². The highest BCUT2D eigenvalue weighted by Crippen LogP contribution is 2.21. The number of hydrogen-bond donors (Lipinski definition) is 3. The zero-order chi connectivity index (χ0) is 15.4. The summed E-state index contributed by atoms with van der Waals surface area (Å²) in [5.74, 6) is 0. The molecule has 0 radical (unpaired) electrons. The Labute approximate surface area is 133 Å². The van der Waals surface area contributed by atoms with E-state index in [1.54, 1.807) is 0 Å². The molecular formula is C14H17N5S2. The highest BCUT2D eigenvalue weighted by atomic mass is 32.1. The van der Waals surface area contributed by atoms with E-state index in [1.807, 2.05) is 45.0 Å². The molecule has 2 rings (SSSR count). The van der Waals surface area contributed by atoms with E-state index in [2.05, 4.69) is 20.2 Å². The lowest BCUT2D eigenvalue weighted by molar-refractivity contribution is 1.04. The van der Waals surface area contributed by atoms with Crippen LogP contribution in [-0.2, 0) is 0 Å². The second kappa shape index (κ2) is 6.64. The number of hydrazone groups is 1. The fraction of sp³-hybridized carbons (Fsp3) is 0.214. The van der Waals surface area contributed by atoms with Crippen LogP contribution in [0.2, 0.25) is 0 Å². The topological polar surface area (TPSA) is 75.3 Å². The maximum atomic E-state index is 5.89. The van der Waals surface area contributed by atoms with E-state index in [-0.39, 0.29) is 0 Å². The number of nitrogens with zero attached hydrogens (tertiary/aromatic N) is 2. The van der Waals surface area contributed by atoms with Gasteiger partial charge in [0.05, 0.1) is 17.0 Å². The van der Waals surface area contributed by atoms with E-state index in [0.29, 0.717) is 10.1 Å². The lowest BCUT2D eigenvalue weighted by atomic mass is 10.2. The highest BCUT2D eigenvalue weighted by Gasteiger charge is 2.10. The molecule has 0 bridgehead atoms.